The number of carboxylic acid groups (broad SMARTS) is 1. The van der Waals surface area contributed by atoms with Crippen molar-refractivity contribution in [3.05, 3.63) is 29.8 Å². The van der Waals surface area contributed by atoms with Gasteiger partial charge >= 0.3 is 5.97 Å². The number of hydrogen-bond acceptors (Lipinski definition) is 3. The molecule has 1 aromatic rings. The summed E-state index contributed by atoms with van der Waals surface area (Å²) in [5.41, 5.74) is 1.73. The van der Waals surface area contributed by atoms with Crippen LogP contribution in [0.5, 0.6) is 0 Å². The van der Waals surface area contributed by atoms with Crippen LogP contribution in [0.4, 0.5) is 5.69 Å². The molecule has 1 aromatic carbocycles. The topological polar surface area (TPSA) is 69.6 Å². The minimum Gasteiger partial charge on any atom is -0.480 e. The zero-order valence-corrected chi connectivity index (χ0v) is 11.6. The maximum atomic E-state index is 12.5. The van der Waals surface area contributed by atoms with Crippen molar-refractivity contribution >= 4 is 17.6 Å². The molecule has 5 heteroatoms. The average molecular weight is 276 g/mol. The Labute approximate surface area is 118 Å². The van der Waals surface area contributed by atoms with Crippen LogP contribution in [-0.2, 0) is 9.59 Å². The van der Waals surface area contributed by atoms with Gasteiger partial charge in [-0.1, -0.05) is 17.7 Å². The van der Waals surface area contributed by atoms with E-state index in [1.165, 1.54) is 4.90 Å². The molecular formula is C15H20N2O3. The van der Waals surface area contributed by atoms with E-state index in [4.69, 9.17) is 5.11 Å². The fourth-order valence-electron chi connectivity index (χ4n) is 2.44. The number of piperidine rings is 1. The number of aryl methyl sites for hydroxylation is 1. The molecule has 0 unspecified atom stereocenters. The van der Waals surface area contributed by atoms with Crippen molar-refractivity contribution in [3.8, 4) is 0 Å². The van der Waals surface area contributed by atoms with E-state index in [1.54, 1.807) is 12.1 Å². The Balaban J connectivity index is 2.19. The number of nitrogens with one attached hydrogen (secondary N) is 1. The molecule has 1 aliphatic heterocycles. The summed E-state index contributed by atoms with van der Waals surface area (Å²) in [4.78, 5) is 24.9. The van der Waals surface area contributed by atoms with Crippen molar-refractivity contribution < 1.29 is 14.7 Å². The third-order valence-corrected chi connectivity index (χ3v) is 3.55. The van der Waals surface area contributed by atoms with Gasteiger partial charge in [0, 0.05) is 12.2 Å². The van der Waals surface area contributed by atoms with Gasteiger partial charge < -0.3 is 15.3 Å². The summed E-state index contributed by atoms with van der Waals surface area (Å²) in [6.45, 7) is 3.21. The highest BCUT2D eigenvalue weighted by atomic mass is 16.4. The van der Waals surface area contributed by atoms with Gasteiger partial charge in [-0.25, -0.2) is 0 Å². The van der Waals surface area contributed by atoms with Gasteiger partial charge in [-0.05, 0) is 38.4 Å². The number of benzene rings is 1. The van der Waals surface area contributed by atoms with Gasteiger partial charge in [-0.3, -0.25) is 9.59 Å². The minimum absolute atomic E-state index is 0.108. The van der Waals surface area contributed by atoms with Crippen LogP contribution < -0.4 is 10.2 Å². The quantitative estimate of drug-likeness (QED) is 0.872. The number of aliphatic carboxylic acids is 1. The highest BCUT2D eigenvalue weighted by Crippen LogP contribution is 2.20. The summed E-state index contributed by atoms with van der Waals surface area (Å²) in [6, 6.07) is 7.37. The van der Waals surface area contributed by atoms with Gasteiger partial charge in [0.1, 0.15) is 6.54 Å². The lowest BCUT2D eigenvalue weighted by atomic mass is 9.97. The molecule has 0 spiro atoms. The zero-order chi connectivity index (χ0) is 14.5. The molecule has 0 aromatic heterocycles. The molecule has 2 rings (SSSR count). The lowest BCUT2D eigenvalue weighted by Crippen LogP contribution is -2.45. The molecule has 108 valence electrons. The van der Waals surface area contributed by atoms with E-state index in [1.807, 2.05) is 19.1 Å². The normalized spacial score (nSPS) is 18.6. The predicted molar refractivity (Wildman–Crippen MR) is 76.8 cm³/mol. The molecule has 1 aliphatic rings. The second kappa shape index (κ2) is 6.52. The van der Waals surface area contributed by atoms with Gasteiger partial charge in [0.2, 0.25) is 5.91 Å². The molecule has 2 N–H and O–H groups in total. The van der Waals surface area contributed by atoms with E-state index >= 15 is 0 Å². The van der Waals surface area contributed by atoms with E-state index in [0.717, 1.165) is 24.9 Å². The predicted octanol–water partition coefficient (Wildman–Crippen LogP) is 1.41. The molecule has 1 amide bonds. The molecule has 20 heavy (non-hydrogen) atoms. The number of nitrogens with zero attached hydrogens (tertiary/aromatic N) is 1. The molecule has 0 saturated carbocycles. The van der Waals surface area contributed by atoms with Crippen molar-refractivity contribution in [1.82, 2.24) is 5.32 Å². The van der Waals surface area contributed by atoms with Crippen LogP contribution >= 0.6 is 0 Å². The van der Waals surface area contributed by atoms with Crippen LogP contribution in [0.15, 0.2) is 24.3 Å². The third-order valence-electron chi connectivity index (χ3n) is 3.55. The lowest BCUT2D eigenvalue weighted by molar-refractivity contribution is -0.137. The van der Waals surface area contributed by atoms with E-state index in [2.05, 4.69) is 5.32 Å². The van der Waals surface area contributed by atoms with E-state index in [0.29, 0.717) is 12.2 Å². The fraction of sp³-hybridized carbons (Fsp3) is 0.467. The van der Waals surface area contributed by atoms with Crippen molar-refractivity contribution in [1.29, 1.82) is 0 Å². The van der Waals surface area contributed by atoms with E-state index in [9.17, 15) is 9.59 Å². The van der Waals surface area contributed by atoms with Crippen LogP contribution in [0, 0.1) is 12.8 Å². The fourth-order valence-corrected chi connectivity index (χ4v) is 2.44. The Kier molecular flexibility index (Phi) is 4.74. The molecule has 5 nitrogen and oxygen atoms in total. The van der Waals surface area contributed by atoms with Crippen LogP contribution in [-0.4, -0.2) is 36.6 Å². The molecule has 1 saturated heterocycles. The molecule has 1 fully saturated rings. The molecule has 0 aliphatic carbocycles. The number of hydrogen-bond donors (Lipinski definition) is 2. The summed E-state index contributed by atoms with van der Waals surface area (Å²) < 4.78 is 0. The third kappa shape index (κ3) is 3.57. The first-order valence-corrected chi connectivity index (χ1v) is 6.88. The van der Waals surface area contributed by atoms with Crippen LogP contribution in [0.3, 0.4) is 0 Å². The molecular weight excluding hydrogens is 256 g/mol. The van der Waals surface area contributed by atoms with E-state index < -0.39 is 5.97 Å². The van der Waals surface area contributed by atoms with Crippen LogP contribution in [0.2, 0.25) is 0 Å². The van der Waals surface area contributed by atoms with E-state index in [-0.39, 0.29) is 18.4 Å². The number of carbonyl (C=O) groups excluding carboxylic acids is 1. The molecule has 0 radical (unpaired) electrons. The monoisotopic (exact) mass is 276 g/mol. The van der Waals surface area contributed by atoms with Crippen molar-refractivity contribution in [2.45, 2.75) is 19.8 Å². The number of anilines is 1. The van der Waals surface area contributed by atoms with Crippen molar-refractivity contribution in [2.24, 2.45) is 5.92 Å². The summed E-state index contributed by atoms with van der Waals surface area (Å²) >= 11 is 0. The molecule has 0 bridgehead atoms. The van der Waals surface area contributed by atoms with Gasteiger partial charge in [0.15, 0.2) is 0 Å². The summed E-state index contributed by atoms with van der Waals surface area (Å²) in [6.07, 6.45) is 1.76. The van der Waals surface area contributed by atoms with Gasteiger partial charge in [0.25, 0.3) is 0 Å². The lowest BCUT2D eigenvalue weighted by Gasteiger charge is -2.28. The highest BCUT2D eigenvalue weighted by molar-refractivity contribution is 5.98. The number of carboxylic acids is 1. The first kappa shape index (κ1) is 14.5. The molecule has 1 heterocycles. The first-order chi connectivity index (χ1) is 9.58. The number of carbonyl (C=O) groups is 2. The second-order valence-corrected chi connectivity index (χ2v) is 5.20. The molecule has 1 atom stereocenters. The van der Waals surface area contributed by atoms with Crippen molar-refractivity contribution in [3.63, 3.8) is 0 Å². The van der Waals surface area contributed by atoms with Crippen molar-refractivity contribution in [2.75, 3.05) is 24.5 Å². The van der Waals surface area contributed by atoms with Gasteiger partial charge in [0.05, 0.1) is 5.92 Å². The Hall–Kier alpha value is -1.88. The average Bonchev–Trinajstić information content (AvgIpc) is 2.46. The summed E-state index contributed by atoms with van der Waals surface area (Å²) in [5.74, 6) is -1.24. The standard InChI is InChI=1S/C15H20N2O3/c1-11-4-6-13(7-5-11)17(10-14(18)19)15(20)12-3-2-8-16-9-12/h4-7,12,16H,2-3,8-10H2,1H3,(H,18,19)/t12-/m1/s1. The van der Waals surface area contributed by atoms with Crippen LogP contribution in [0.25, 0.3) is 0 Å². The number of amides is 1. The Morgan fingerprint density at radius 2 is 2.05 bits per heavy atom. The SMILES string of the molecule is Cc1ccc(N(CC(=O)O)C(=O)[C@@H]2CCCNC2)cc1. The van der Waals surface area contributed by atoms with Gasteiger partial charge in [-0.2, -0.15) is 0 Å². The Morgan fingerprint density at radius 3 is 2.60 bits per heavy atom. The minimum atomic E-state index is -0.998. The van der Waals surface area contributed by atoms with Gasteiger partial charge in [-0.15, -0.1) is 0 Å². The zero-order valence-electron chi connectivity index (χ0n) is 11.6. The Morgan fingerprint density at radius 1 is 1.35 bits per heavy atom. The second-order valence-electron chi connectivity index (χ2n) is 5.20. The first-order valence-electron chi connectivity index (χ1n) is 6.88. The maximum absolute atomic E-state index is 12.5. The smallest absolute Gasteiger partial charge is 0.323 e. The highest BCUT2D eigenvalue weighted by Gasteiger charge is 2.28. The van der Waals surface area contributed by atoms with Crippen LogP contribution in [0.1, 0.15) is 18.4 Å². The summed E-state index contributed by atoms with van der Waals surface area (Å²) in [7, 11) is 0. The largest absolute Gasteiger partial charge is 0.480 e. The number of rotatable bonds is 4. The summed E-state index contributed by atoms with van der Waals surface area (Å²) in [5, 5.41) is 12.2. The Bertz CT molecular complexity index is 478. The maximum Gasteiger partial charge on any atom is 0.323 e.